The molecular weight excluding hydrogens is 318 g/mol. The number of carbonyl (C=O) groups excluding carboxylic acids is 3. The fraction of sp³-hybridized carbons (Fsp3) is 0.526. The molecule has 136 valence electrons. The van der Waals surface area contributed by atoms with Crippen molar-refractivity contribution in [1.82, 2.24) is 10.2 Å². The molecule has 1 saturated carbocycles. The van der Waals surface area contributed by atoms with Crippen LogP contribution in [0.5, 0.6) is 0 Å². The van der Waals surface area contributed by atoms with Gasteiger partial charge >= 0.3 is 0 Å². The van der Waals surface area contributed by atoms with Crippen molar-refractivity contribution < 1.29 is 14.4 Å². The SMILES string of the molecule is CCN(CC)C(=O)c1cccc(NC(=O)CCCNC(=O)C2CC2)c1. The number of nitrogens with zero attached hydrogens (tertiary/aromatic N) is 1. The molecule has 0 heterocycles. The second kappa shape index (κ2) is 9.20. The smallest absolute Gasteiger partial charge is 0.253 e. The van der Waals surface area contributed by atoms with Gasteiger partial charge in [-0.1, -0.05) is 6.07 Å². The summed E-state index contributed by atoms with van der Waals surface area (Å²) in [6.07, 6.45) is 2.89. The summed E-state index contributed by atoms with van der Waals surface area (Å²) in [6.45, 7) is 5.70. The van der Waals surface area contributed by atoms with Crippen LogP contribution in [0.3, 0.4) is 0 Å². The zero-order valence-corrected chi connectivity index (χ0v) is 15.0. The summed E-state index contributed by atoms with van der Waals surface area (Å²) in [5.41, 5.74) is 1.18. The maximum absolute atomic E-state index is 12.4. The highest BCUT2D eigenvalue weighted by Crippen LogP contribution is 2.28. The monoisotopic (exact) mass is 345 g/mol. The van der Waals surface area contributed by atoms with Crippen LogP contribution in [0.4, 0.5) is 5.69 Å². The van der Waals surface area contributed by atoms with Gasteiger partial charge in [0.25, 0.3) is 5.91 Å². The molecule has 2 N–H and O–H groups in total. The molecule has 2 rings (SSSR count). The maximum Gasteiger partial charge on any atom is 0.253 e. The molecule has 6 nitrogen and oxygen atoms in total. The van der Waals surface area contributed by atoms with Crippen molar-refractivity contribution in [2.45, 2.75) is 39.5 Å². The van der Waals surface area contributed by atoms with E-state index < -0.39 is 0 Å². The zero-order valence-electron chi connectivity index (χ0n) is 15.0. The molecule has 1 aromatic rings. The van der Waals surface area contributed by atoms with Gasteiger partial charge < -0.3 is 15.5 Å². The number of carbonyl (C=O) groups is 3. The van der Waals surface area contributed by atoms with Crippen LogP contribution in [0.25, 0.3) is 0 Å². The molecule has 0 saturated heterocycles. The first kappa shape index (κ1) is 19.0. The molecule has 0 bridgehead atoms. The Hall–Kier alpha value is -2.37. The summed E-state index contributed by atoms with van der Waals surface area (Å²) >= 11 is 0. The van der Waals surface area contributed by atoms with Crippen LogP contribution in [0, 0.1) is 5.92 Å². The molecule has 3 amide bonds. The van der Waals surface area contributed by atoms with Crippen LogP contribution < -0.4 is 10.6 Å². The molecule has 1 aliphatic rings. The summed E-state index contributed by atoms with van der Waals surface area (Å²) in [7, 11) is 0. The van der Waals surface area contributed by atoms with Crippen LogP contribution in [0.1, 0.15) is 49.9 Å². The van der Waals surface area contributed by atoms with Crippen LogP contribution in [-0.2, 0) is 9.59 Å². The number of amides is 3. The number of hydrogen-bond donors (Lipinski definition) is 2. The largest absolute Gasteiger partial charge is 0.356 e. The standard InChI is InChI=1S/C19H27N3O3/c1-3-22(4-2)19(25)15-7-5-8-16(13-15)21-17(23)9-6-12-20-18(24)14-10-11-14/h5,7-8,13-14H,3-4,6,9-12H2,1-2H3,(H,20,24)(H,21,23). The van der Waals surface area contributed by atoms with Gasteiger partial charge in [-0.3, -0.25) is 14.4 Å². The lowest BCUT2D eigenvalue weighted by molar-refractivity contribution is -0.122. The van der Waals surface area contributed by atoms with Gasteiger partial charge in [0.1, 0.15) is 0 Å². The van der Waals surface area contributed by atoms with Gasteiger partial charge in [-0.05, 0) is 51.3 Å². The number of nitrogens with one attached hydrogen (secondary N) is 2. The van der Waals surface area contributed by atoms with E-state index in [9.17, 15) is 14.4 Å². The first-order chi connectivity index (χ1) is 12.0. The molecule has 1 aromatic carbocycles. The molecule has 0 aromatic heterocycles. The number of anilines is 1. The van der Waals surface area contributed by atoms with Crippen molar-refractivity contribution in [2.24, 2.45) is 5.92 Å². The van der Waals surface area contributed by atoms with E-state index >= 15 is 0 Å². The van der Waals surface area contributed by atoms with E-state index in [0.29, 0.717) is 43.7 Å². The van der Waals surface area contributed by atoms with Crippen LogP contribution in [-0.4, -0.2) is 42.3 Å². The first-order valence-corrected chi connectivity index (χ1v) is 9.02. The molecule has 0 atom stereocenters. The fourth-order valence-electron chi connectivity index (χ4n) is 2.60. The third-order valence-corrected chi connectivity index (χ3v) is 4.27. The Morgan fingerprint density at radius 1 is 1.16 bits per heavy atom. The van der Waals surface area contributed by atoms with E-state index in [-0.39, 0.29) is 23.6 Å². The highest BCUT2D eigenvalue weighted by Gasteiger charge is 2.28. The van der Waals surface area contributed by atoms with Crippen molar-refractivity contribution in [1.29, 1.82) is 0 Å². The Balaban J connectivity index is 1.79. The molecule has 0 aliphatic heterocycles. The molecule has 1 fully saturated rings. The zero-order chi connectivity index (χ0) is 18.2. The lowest BCUT2D eigenvalue weighted by Gasteiger charge is -2.19. The number of hydrogen-bond acceptors (Lipinski definition) is 3. The minimum atomic E-state index is -0.117. The topological polar surface area (TPSA) is 78.5 Å². The van der Waals surface area contributed by atoms with E-state index in [2.05, 4.69) is 10.6 Å². The number of benzene rings is 1. The summed E-state index contributed by atoms with van der Waals surface area (Å²) in [4.78, 5) is 37.6. The van der Waals surface area contributed by atoms with Gasteiger partial charge in [-0.15, -0.1) is 0 Å². The van der Waals surface area contributed by atoms with Crippen LogP contribution in [0.2, 0.25) is 0 Å². The Bertz CT molecular complexity index is 622. The van der Waals surface area contributed by atoms with E-state index in [1.54, 1.807) is 29.2 Å². The second-order valence-electron chi connectivity index (χ2n) is 6.28. The highest BCUT2D eigenvalue weighted by molar-refractivity contribution is 5.97. The quantitative estimate of drug-likeness (QED) is 0.675. The van der Waals surface area contributed by atoms with E-state index in [4.69, 9.17) is 0 Å². The molecule has 25 heavy (non-hydrogen) atoms. The van der Waals surface area contributed by atoms with Gasteiger partial charge in [0, 0.05) is 43.2 Å². The molecule has 0 radical (unpaired) electrons. The average molecular weight is 345 g/mol. The Labute approximate surface area is 149 Å². The predicted molar refractivity (Wildman–Crippen MR) is 97.3 cm³/mol. The molecule has 0 unspecified atom stereocenters. The van der Waals surface area contributed by atoms with Crippen molar-refractivity contribution in [3.8, 4) is 0 Å². The van der Waals surface area contributed by atoms with Crippen molar-refractivity contribution in [3.63, 3.8) is 0 Å². The Kier molecular flexibility index (Phi) is 6.98. The Morgan fingerprint density at radius 2 is 1.88 bits per heavy atom. The summed E-state index contributed by atoms with van der Waals surface area (Å²) in [5, 5.41) is 5.66. The lowest BCUT2D eigenvalue weighted by atomic mass is 10.1. The van der Waals surface area contributed by atoms with E-state index in [1.165, 1.54) is 0 Å². The highest BCUT2D eigenvalue weighted by atomic mass is 16.2. The third kappa shape index (κ3) is 5.89. The van der Waals surface area contributed by atoms with Gasteiger partial charge in [-0.25, -0.2) is 0 Å². The predicted octanol–water partition coefficient (Wildman–Crippen LogP) is 2.41. The first-order valence-electron chi connectivity index (χ1n) is 9.02. The molecule has 1 aliphatic carbocycles. The molecule has 6 heteroatoms. The van der Waals surface area contributed by atoms with Crippen LogP contribution in [0.15, 0.2) is 24.3 Å². The minimum absolute atomic E-state index is 0.0381. The van der Waals surface area contributed by atoms with Gasteiger partial charge in [0.15, 0.2) is 0 Å². The summed E-state index contributed by atoms with van der Waals surface area (Å²) < 4.78 is 0. The fourth-order valence-corrected chi connectivity index (χ4v) is 2.60. The summed E-state index contributed by atoms with van der Waals surface area (Å²) in [6, 6.07) is 6.99. The second-order valence-corrected chi connectivity index (χ2v) is 6.28. The lowest BCUT2D eigenvalue weighted by Crippen LogP contribution is -2.30. The molecular formula is C19H27N3O3. The summed E-state index contributed by atoms with van der Waals surface area (Å²) in [5.74, 6) is 0.139. The maximum atomic E-state index is 12.4. The Morgan fingerprint density at radius 3 is 2.52 bits per heavy atom. The number of rotatable bonds is 9. The average Bonchev–Trinajstić information content (AvgIpc) is 3.45. The molecule has 0 spiro atoms. The van der Waals surface area contributed by atoms with Crippen LogP contribution >= 0.6 is 0 Å². The normalized spacial score (nSPS) is 13.2. The van der Waals surface area contributed by atoms with Crippen molar-refractivity contribution >= 4 is 23.4 Å². The van der Waals surface area contributed by atoms with Gasteiger partial charge in [0.2, 0.25) is 11.8 Å². The van der Waals surface area contributed by atoms with Gasteiger partial charge in [0.05, 0.1) is 0 Å². The van der Waals surface area contributed by atoms with Crippen molar-refractivity contribution in [2.75, 3.05) is 25.0 Å². The van der Waals surface area contributed by atoms with E-state index in [0.717, 1.165) is 12.8 Å². The third-order valence-electron chi connectivity index (χ3n) is 4.27. The minimum Gasteiger partial charge on any atom is -0.356 e. The van der Waals surface area contributed by atoms with Crippen molar-refractivity contribution in [3.05, 3.63) is 29.8 Å². The van der Waals surface area contributed by atoms with E-state index in [1.807, 2.05) is 13.8 Å². The van der Waals surface area contributed by atoms with Gasteiger partial charge in [-0.2, -0.15) is 0 Å².